The molecule has 32 heavy (non-hydrogen) atoms. The number of ether oxygens (including phenoxy) is 2. The van der Waals surface area contributed by atoms with Crippen molar-refractivity contribution in [1.29, 1.82) is 0 Å². The Morgan fingerprint density at radius 1 is 0.969 bits per heavy atom. The molecule has 0 bridgehead atoms. The Bertz CT molecular complexity index is 1080. The van der Waals surface area contributed by atoms with Crippen LogP contribution in [-0.4, -0.2) is 43.2 Å². The maximum Gasteiger partial charge on any atom is 0.227 e. The van der Waals surface area contributed by atoms with E-state index in [1.54, 1.807) is 26.4 Å². The second kappa shape index (κ2) is 9.68. The number of anilines is 2. The molecule has 1 saturated heterocycles. The van der Waals surface area contributed by atoms with Gasteiger partial charge in [0, 0.05) is 48.7 Å². The van der Waals surface area contributed by atoms with Gasteiger partial charge in [0.1, 0.15) is 0 Å². The highest BCUT2D eigenvalue weighted by Gasteiger charge is 2.26. The maximum absolute atomic E-state index is 12.8. The Kier molecular flexibility index (Phi) is 6.54. The standard InChI is InChI=1S/C25H28N4O3/c1-17-5-4-6-19(13-17)20-15-26-25(27-16-20)29-11-9-18(10-12-29)24(30)28-21-7-8-22(31-2)23(14-21)32-3/h4-8,13-16,18H,9-12H2,1-3H3,(H,28,30). The van der Waals surface area contributed by atoms with Crippen LogP contribution in [0.3, 0.4) is 0 Å². The smallest absolute Gasteiger partial charge is 0.227 e. The molecule has 0 radical (unpaired) electrons. The average Bonchev–Trinajstić information content (AvgIpc) is 2.84. The second-order valence-corrected chi connectivity index (χ2v) is 7.96. The number of amides is 1. The van der Waals surface area contributed by atoms with E-state index in [2.05, 4.69) is 45.3 Å². The highest BCUT2D eigenvalue weighted by molar-refractivity contribution is 5.93. The summed E-state index contributed by atoms with van der Waals surface area (Å²) >= 11 is 0. The number of piperidine rings is 1. The SMILES string of the molecule is COc1ccc(NC(=O)C2CCN(c3ncc(-c4cccc(C)c4)cn3)CC2)cc1OC. The number of hydrogen-bond acceptors (Lipinski definition) is 6. The molecule has 3 aromatic rings. The molecular formula is C25H28N4O3. The quantitative estimate of drug-likeness (QED) is 0.625. The molecule has 0 unspecified atom stereocenters. The molecule has 1 aliphatic rings. The van der Waals surface area contributed by atoms with Crippen molar-refractivity contribution in [2.75, 3.05) is 37.5 Å². The maximum atomic E-state index is 12.8. The molecule has 1 fully saturated rings. The van der Waals surface area contributed by atoms with Crippen LogP contribution in [0.2, 0.25) is 0 Å². The third-order valence-corrected chi connectivity index (χ3v) is 5.79. The summed E-state index contributed by atoms with van der Waals surface area (Å²) in [6.07, 6.45) is 5.24. The molecule has 1 N–H and O–H groups in total. The largest absolute Gasteiger partial charge is 0.493 e. The first-order valence-electron chi connectivity index (χ1n) is 10.7. The molecule has 4 rings (SSSR count). The summed E-state index contributed by atoms with van der Waals surface area (Å²) in [5.41, 5.74) is 4.02. The Balaban J connectivity index is 1.34. The van der Waals surface area contributed by atoms with Crippen LogP contribution in [0.25, 0.3) is 11.1 Å². The number of rotatable bonds is 6. The minimum atomic E-state index is -0.0501. The van der Waals surface area contributed by atoms with Gasteiger partial charge >= 0.3 is 0 Å². The molecule has 0 atom stereocenters. The van der Waals surface area contributed by atoms with Crippen LogP contribution in [0.5, 0.6) is 11.5 Å². The topological polar surface area (TPSA) is 76.6 Å². The monoisotopic (exact) mass is 432 g/mol. The number of benzene rings is 2. The number of nitrogens with one attached hydrogen (secondary N) is 1. The van der Waals surface area contributed by atoms with Crippen LogP contribution in [-0.2, 0) is 4.79 Å². The van der Waals surface area contributed by atoms with E-state index in [1.807, 2.05) is 24.5 Å². The molecule has 0 aliphatic carbocycles. The second-order valence-electron chi connectivity index (χ2n) is 7.96. The lowest BCUT2D eigenvalue weighted by molar-refractivity contribution is -0.120. The zero-order valence-corrected chi connectivity index (χ0v) is 18.7. The van der Waals surface area contributed by atoms with Gasteiger partial charge in [0.2, 0.25) is 11.9 Å². The van der Waals surface area contributed by atoms with Gasteiger partial charge in [0.25, 0.3) is 0 Å². The van der Waals surface area contributed by atoms with E-state index < -0.39 is 0 Å². The number of aryl methyl sites for hydroxylation is 1. The predicted octanol–water partition coefficient (Wildman–Crippen LogP) is 4.32. The molecule has 166 valence electrons. The molecule has 7 nitrogen and oxygen atoms in total. The lowest BCUT2D eigenvalue weighted by atomic mass is 9.96. The fourth-order valence-electron chi connectivity index (χ4n) is 3.96. The van der Waals surface area contributed by atoms with Gasteiger partial charge < -0.3 is 19.7 Å². The van der Waals surface area contributed by atoms with Crippen LogP contribution >= 0.6 is 0 Å². The van der Waals surface area contributed by atoms with Crippen LogP contribution < -0.4 is 19.7 Å². The van der Waals surface area contributed by atoms with Gasteiger partial charge in [-0.05, 0) is 37.5 Å². The first kappa shape index (κ1) is 21.6. The Morgan fingerprint density at radius 2 is 1.69 bits per heavy atom. The van der Waals surface area contributed by atoms with Gasteiger partial charge in [-0.25, -0.2) is 9.97 Å². The van der Waals surface area contributed by atoms with Crippen LogP contribution in [0, 0.1) is 12.8 Å². The zero-order chi connectivity index (χ0) is 22.5. The van der Waals surface area contributed by atoms with Crippen molar-refractivity contribution in [2.24, 2.45) is 5.92 Å². The van der Waals surface area contributed by atoms with Crippen molar-refractivity contribution in [3.05, 3.63) is 60.4 Å². The predicted molar refractivity (Wildman–Crippen MR) is 125 cm³/mol. The van der Waals surface area contributed by atoms with Crippen molar-refractivity contribution in [3.63, 3.8) is 0 Å². The van der Waals surface area contributed by atoms with E-state index in [0.29, 0.717) is 23.1 Å². The third-order valence-electron chi connectivity index (χ3n) is 5.79. The van der Waals surface area contributed by atoms with E-state index in [9.17, 15) is 4.79 Å². The zero-order valence-electron chi connectivity index (χ0n) is 18.7. The number of hydrogen-bond donors (Lipinski definition) is 1. The van der Waals surface area contributed by atoms with E-state index in [0.717, 1.165) is 37.1 Å². The Hall–Kier alpha value is -3.61. The third kappa shape index (κ3) is 4.82. The van der Waals surface area contributed by atoms with Gasteiger partial charge in [-0.2, -0.15) is 0 Å². The van der Waals surface area contributed by atoms with Crippen molar-refractivity contribution in [3.8, 4) is 22.6 Å². The minimum absolute atomic E-state index is 0.0209. The van der Waals surface area contributed by atoms with Gasteiger partial charge in [-0.1, -0.05) is 29.8 Å². The van der Waals surface area contributed by atoms with Gasteiger partial charge in [0.05, 0.1) is 14.2 Å². The van der Waals surface area contributed by atoms with Crippen molar-refractivity contribution >= 4 is 17.5 Å². The summed E-state index contributed by atoms with van der Waals surface area (Å²) in [4.78, 5) is 24.0. The summed E-state index contributed by atoms with van der Waals surface area (Å²) in [7, 11) is 3.17. The first-order chi connectivity index (χ1) is 15.6. The molecule has 2 aromatic carbocycles. The Labute approximate surface area is 188 Å². The van der Waals surface area contributed by atoms with Crippen LogP contribution in [0.4, 0.5) is 11.6 Å². The van der Waals surface area contributed by atoms with Crippen LogP contribution in [0.15, 0.2) is 54.9 Å². The highest BCUT2D eigenvalue weighted by atomic mass is 16.5. The summed E-state index contributed by atoms with van der Waals surface area (Å²) in [5.74, 6) is 1.90. The summed E-state index contributed by atoms with van der Waals surface area (Å²) in [6, 6.07) is 13.7. The van der Waals surface area contributed by atoms with Crippen molar-refractivity contribution in [1.82, 2.24) is 9.97 Å². The Morgan fingerprint density at radius 3 is 2.34 bits per heavy atom. The summed E-state index contributed by atoms with van der Waals surface area (Å²) in [6.45, 7) is 3.56. The number of methoxy groups -OCH3 is 2. The number of nitrogens with zero attached hydrogens (tertiary/aromatic N) is 3. The number of aromatic nitrogens is 2. The number of carbonyl (C=O) groups is 1. The molecule has 1 aromatic heterocycles. The number of carbonyl (C=O) groups excluding carboxylic acids is 1. The average molecular weight is 433 g/mol. The molecule has 0 spiro atoms. The lowest BCUT2D eigenvalue weighted by Crippen LogP contribution is -2.39. The highest BCUT2D eigenvalue weighted by Crippen LogP contribution is 2.30. The van der Waals surface area contributed by atoms with E-state index in [4.69, 9.17) is 9.47 Å². The fraction of sp³-hybridized carbons (Fsp3) is 0.320. The van der Waals surface area contributed by atoms with Crippen LogP contribution in [0.1, 0.15) is 18.4 Å². The molecule has 0 saturated carbocycles. The van der Waals surface area contributed by atoms with Gasteiger partial charge in [-0.15, -0.1) is 0 Å². The fourth-order valence-corrected chi connectivity index (χ4v) is 3.96. The molecule has 7 heteroatoms. The van der Waals surface area contributed by atoms with E-state index in [-0.39, 0.29) is 11.8 Å². The van der Waals surface area contributed by atoms with Crippen molar-refractivity contribution in [2.45, 2.75) is 19.8 Å². The summed E-state index contributed by atoms with van der Waals surface area (Å²) < 4.78 is 10.6. The minimum Gasteiger partial charge on any atom is -0.493 e. The molecule has 1 amide bonds. The summed E-state index contributed by atoms with van der Waals surface area (Å²) in [5, 5.41) is 3.00. The van der Waals surface area contributed by atoms with Gasteiger partial charge in [0.15, 0.2) is 11.5 Å². The lowest BCUT2D eigenvalue weighted by Gasteiger charge is -2.31. The molecule has 1 aliphatic heterocycles. The first-order valence-corrected chi connectivity index (χ1v) is 10.7. The van der Waals surface area contributed by atoms with Crippen molar-refractivity contribution < 1.29 is 14.3 Å². The normalized spacial score (nSPS) is 14.2. The van der Waals surface area contributed by atoms with E-state index in [1.165, 1.54) is 5.56 Å². The molecular weight excluding hydrogens is 404 g/mol. The van der Waals surface area contributed by atoms with Gasteiger partial charge in [-0.3, -0.25) is 4.79 Å². The molecule has 2 heterocycles. The van der Waals surface area contributed by atoms with E-state index >= 15 is 0 Å².